The smallest absolute Gasteiger partial charge is 0.261 e. The minimum absolute atomic E-state index is 0.0191. The van der Waals surface area contributed by atoms with Crippen molar-refractivity contribution in [3.63, 3.8) is 0 Å². The lowest BCUT2D eigenvalue weighted by molar-refractivity contribution is 0.520. The van der Waals surface area contributed by atoms with Gasteiger partial charge in [-0.2, -0.15) is 0 Å². The molecular formula is C16H17N3O4S4. The summed E-state index contributed by atoms with van der Waals surface area (Å²) in [5.41, 5.74) is 1.23. The highest BCUT2D eigenvalue weighted by Gasteiger charge is 2.20. The maximum atomic E-state index is 12.6. The Bertz CT molecular complexity index is 1180. The van der Waals surface area contributed by atoms with E-state index in [1.54, 1.807) is 18.2 Å². The zero-order chi connectivity index (χ0) is 19.8. The SMILES string of the molecule is CSc1nc2ccc(NS(=O)(=O)c3ccc(S(=O)(=O)N(C)C)cc3)cc2s1. The normalized spacial score (nSPS) is 12.6. The van der Waals surface area contributed by atoms with Crippen LogP contribution >= 0.6 is 23.1 Å². The number of anilines is 1. The summed E-state index contributed by atoms with van der Waals surface area (Å²) in [5, 5.41) is 0. The molecule has 0 amide bonds. The number of thiazole rings is 1. The summed E-state index contributed by atoms with van der Waals surface area (Å²) >= 11 is 3.02. The van der Waals surface area contributed by atoms with Crippen LogP contribution < -0.4 is 4.72 Å². The van der Waals surface area contributed by atoms with Gasteiger partial charge in [0.1, 0.15) is 0 Å². The monoisotopic (exact) mass is 443 g/mol. The summed E-state index contributed by atoms with van der Waals surface area (Å²) in [5.74, 6) is 0. The number of benzene rings is 2. The minimum Gasteiger partial charge on any atom is -0.280 e. The van der Waals surface area contributed by atoms with E-state index in [0.29, 0.717) is 5.69 Å². The van der Waals surface area contributed by atoms with Gasteiger partial charge in [-0.3, -0.25) is 4.72 Å². The Morgan fingerprint density at radius 1 is 1.00 bits per heavy atom. The van der Waals surface area contributed by atoms with Gasteiger partial charge in [0, 0.05) is 14.1 Å². The van der Waals surface area contributed by atoms with Crippen LogP contribution in [0.25, 0.3) is 10.2 Å². The number of thioether (sulfide) groups is 1. The molecule has 27 heavy (non-hydrogen) atoms. The van der Waals surface area contributed by atoms with Gasteiger partial charge in [0.25, 0.3) is 10.0 Å². The molecule has 11 heteroatoms. The van der Waals surface area contributed by atoms with Crippen LogP contribution in [0.1, 0.15) is 0 Å². The van der Waals surface area contributed by atoms with Gasteiger partial charge in [-0.15, -0.1) is 11.3 Å². The van der Waals surface area contributed by atoms with Crippen molar-refractivity contribution in [3.05, 3.63) is 42.5 Å². The van der Waals surface area contributed by atoms with Gasteiger partial charge in [0.05, 0.1) is 25.7 Å². The number of sulfonamides is 2. The summed E-state index contributed by atoms with van der Waals surface area (Å²) in [4.78, 5) is 4.43. The number of aromatic nitrogens is 1. The number of fused-ring (bicyclic) bond motifs is 1. The van der Waals surface area contributed by atoms with Gasteiger partial charge in [0.15, 0.2) is 4.34 Å². The quantitative estimate of drug-likeness (QED) is 0.588. The molecule has 0 saturated carbocycles. The Balaban J connectivity index is 1.88. The number of rotatable bonds is 6. The third-order valence-electron chi connectivity index (χ3n) is 3.71. The van der Waals surface area contributed by atoms with Crippen molar-refractivity contribution in [2.75, 3.05) is 25.1 Å². The molecule has 0 fully saturated rings. The summed E-state index contributed by atoms with van der Waals surface area (Å²) in [6.45, 7) is 0. The molecule has 144 valence electrons. The second-order valence-corrected chi connectivity index (χ2v) is 11.6. The summed E-state index contributed by atoms with van der Waals surface area (Å²) in [7, 11) is -4.62. The van der Waals surface area contributed by atoms with E-state index in [9.17, 15) is 16.8 Å². The molecule has 0 bridgehead atoms. The van der Waals surface area contributed by atoms with E-state index in [0.717, 1.165) is 18.9 Å². The van der Waals surface area contributed by atoms with Gasteiger partial charge < -0.3 is 0 Å². The lowest BCUT2D eigenvalue weighted by atomic mass is 10.3. The van der Waals surface area contributed by atoms with Gasteiger partial charge in [-0.1, -0.05) is 11.8 Å². The Hall–Kier alpha value is -1.66. The van der Waals surface area contributed by atoms with E-state index >= 15 is 0 Å². The molecule has 2 aromatic carbocycles. The van der Waals surface area contributed by atoms with Crippen LogP contribution in [-0.4, -0.2) is 46.5 Å². The van der Waals surface area contributed by atoms with Crippen LogP contribution in [0.4, 0.5) is 5.69 Å². The summed E-state index contributed by atoms with van der Waals surface area (Å²) in [6, 6.07) is 10.2. The lowest BCUT2D eigenvalue weighted by Gasteiger charge is -2.12. The van der Waals surface area contributed by atoms with E-state index in [2.05, 4.69) is 9.71 Å². The highest BCUT2D eigenvalue weighted by Crippen LogP contribution is 2.30. The third kappa shape index (κ3) is 4.11. The molecule has 0 unspecified atom stereocenters. The lowest BCUT2D eigenvalue weighted by Crippen LogP contribution is -2.22. The van der Waals surface area contributed by atoms with Crippen molar-refractivity contribution in [1.82, 2.24) is 9.29 Å². The first-order valence-corrected chi connectivity index (χ1v) is 12.6. The molecule has 1 N–H and O–H groups in total. The molecule has 3 rings (SSSR count). The van der Waals surface area contributed by atoms with E-state index in [4.69, 9.17) is 0 Å². The van der Waals surface area contributed by atoms with E-state index < -0.39 is 20.0 Å². The van der Waals surface area contributed by atoms with Crippen LogP contribution in [0.3, 0.4) is 0 Å². The number of nitrogens with zero attached hydrogens (tertiary/aromatic N) is 2. The molecule has 0 aliphatic rings. The third-order valence-corrected chi connectivity index (χ3v) is 8.94. The highest BCUT2D eigenvalue weighted by molar-refractivity contribution is 8.00. The molecular weight excluding hydrogens is 426 g/mol. The van der Waals surface area contributed by atoms with Crippen molar-refractivity contribution in [2.45, 2.75) is 14.1 Å². The highest BCUT2D eigenvalue weighted by atomic mass is 32.2. The fourth-order valence-corrected chi connectivity index (χ4v) is 5.75. The average molecular weight is 444 g/mol. The number of nitrogens with one attached hydrogen (secondary N) is 1. The standard InChI is InChI=1S/C16H17N3O4S4/c1-19(2)27(22,23)13-7-5-12(6-8-13)26(20,21)18-11-4-9-14-15(10-11)25-16(17-14)24-3/h4-10,18H,1-3H3. The second kappa shape index (κ2) is 7.40. The molecule has 0 aliphatic heterocycles. The van der Waals surface area contributed by atoms with Crippen LogP contribution in [0.15, 0.2) is 56.6 Å². The van der Waals surface area contributed by atoms with Crippen molar-refractivity contribution >= 4 is 59.0 Å². The average Bonchev–Trinajstić information content (AvgIpc) is 3.03. The zero-order valence-electron chi connectivity index (χ0n) is 14.7. The number of hydrogen-bond donors (Lipinski definition) is 1. The van der Waals surface area contributed by atoms with Gasteiger partial charge >= 0.3 is 0 Å². The molecule has 3 aromatic rings. The molecule has 0 atom stereocenters. The summed E-state index contributed by atoms with van der Waals surface area (Å²) < 4.78 is 54.8. The topological polar surface area (TPSA) is 96.4 Å². The van der Waals surface area contributed by atoms with Crippen molar-refractivity contribution in [1.29, 1.82) is 0 Å². The first-order valence-electron chi connectivity index (χ1n) is 7.63. The fraction of sp³-hybridized carbons (Fsp3) is 0.188. The minimum atomic E-state index is -3.84. The van der Waals surface area contributed by atoms with E-state index in [-0.39, 0.29) is 9.79 Å². The van der Waals surface area contributed by atoms with Crippen LogP contribution in [0.5, 0.6) is 0 Å². The first-order chi connectivity index (χ1) is 12.6. The summed E-state index contributed by atoms with van der Waals surface area (Å²) in [6.07, 6.45) is 1.93. The largest absolute Gasteiger partial charge is 0.280 e. The van der Waals surface area contributed by atoms with E-state index in [1.807, 2.05) is 6.26 Å². The Kier molecular flexibility index (Phi) is 5.50. The molecule has 0 radical (unpaired) electrons. The van der Waals surface area contributed by atoms with Crippen LogP contribution in [0.2, 0.25) is 0 Å². The maximum Gasteiger partial charge on any atom is 0.261 e. The number of hydrogen-bond acceptors (Lipinski definition) is 7. The second-order valence-electron chi connectivity index (χ2n) is 5.73. The molecule has 1 heterocycles. The molecule has 0 aliphatic carbocycles. The zero-order valence-corrected chi connectivity index (χ0v) is 18.0. The Labute approximate surface area is 166 Å². The molecule has 1 aromatic heterocycles. The molecule has 7 nitrogen and oxygen atoms in total. The van der Waals surface area contributed by atoms with Crippen molar-refractivity contribution in [2.24, 2.45) is 0 Å². The maximum absolute atomic E-state index is 12.6. The predicted octanol–water partition coefficient (Wildman–Crippen LogP) is 3.07. The first kappa shape index (κ1) is 20.1. The van der Waals surface area contributed by atoms with Gasteiger partial charge in [-0.05, 0) is 48.7 Å². The van der Waals surface area contributed by atoms with Gasteiger partial charge in [0.2, 0.25) is 10.0 Å². The Morgan fingerprint density at radius 3 is 2.22 bits per heavy atom. The van der Waals surface area contributed by atoms with Crippen molar-refractivity contribution < 1.29 is 16.8 Å². The van der Waals surface area contributed by atoms with Crippen LogP contribution in [0, 0.1) is 0 Å². The predicted molar refractivity (Wildman–Crippen MR) is 110 cm³/mol. The van der Waals surface area contributed by atoms with Crippen molar-refractivity contribution in [3.8, 4) is 0 Å². The molecule has 0 saturated heterocycles. The molecule has 0 spiro atoms. The van der Waals surface area contributed by atoms with Gasteiger partial charge in [-0.25, -0.2) is 26.1 Å². The van der Waals surface area contributed by atoms with Crippen LogP contribution in [-0.2, 0) is 20.0 Å². The fourth-order valence-electron chi connectivity index (χ4n) is 2.27. The Morgan fingerprint density at radius 2 is 1.63 bits per heavy atom. The van der Waals surface area contributed by atoms with E-state index in [1.165, 1.54) is 61.5 Å².